The summed E-state index contributed by atoms with van der Waals surface area (Å²) < 4.78 is 4.95. The predicted molar refractivity (Wildman–Crippen MR) is 427 cm³/mol. The number of benzene rings is 9. The molecule has 1 saturated heterocycles. The summed E-state index contributed by atoms with van der Waals surface area (Å²) in [6.07, 6.45) is 0.550. The monoisotopic (exact) mass is 1590 g/mol. The molecule has 22 nitrogen and oxygen atoms in total. The van der Waals surface area contributed by atoms with Crippen LogP contribution in [0.15, 0.2) is 249 Å². The molecule has 0 bridgehead atoms. The van der Waals surface area contributed by atoms with Crippen molar-refractivity contribution in [1.29, 1.82) is 0 Å². The van der Waals surface area contributed by atoms with Gasteiger partial charge in [0.05, 0.1) is 37.2 Å². The number of nitrogens with one attached hydrogen (secondary N) is 1. The normalized spacial score (nSPS) is 13.6. The van der Waals surface area contributed by atoms with E-state index in [0.717, 1.165) is 38.9 Å². The number of amides is 1. The van der Waals surface area contributed by atoms with Crippen LogP contribution in [0.1, 0.15) is 145 Å². The van der Waals surface area contributed by atoms with Crippen molar-refractivity contribution in [2.75, 3.05) is 45.9 Å². The summed E-state index contributed by atoms with van der Waals surface area (Å²) in [7, 11) is 0. The zero-order valence-electron chi connectivity index (χ0n) is 59.8. The molecule has 576 valence electrons. The molecule has 9 aromatic carbocycles. The maximum absolute atomic E-state index is 12.3. The van der Waals surface area contributed by atoms with Crippen LogP contribution in [-0.2, 0) is 23.9 Å². The zero-order valence-corrected chi connectivity index (χ0v) is 63.7. The molecule has 0 aromatic heterocycles. The molecule has 1 amide bonds. The van der Waals surface area contributed by atoms with Crippen molar-refractivity contribution in [3.63, 3.8) is 0 Å². The molecule has 0 aliphatic carbocycles. The van der Waals surface area contributed by atoms with Gasteiger partial charge in [0.2, 0.25) is 25.5 Å². The Hall–Kier alpha value is -10.6. The number of carbonyl (C=O) groups is 7. The number of ketones is 3. The Morgan fingerprint density at radius 2 is 0.716 bits per heavy atom. The third-order valence-electron chi connectivity index (χ3n) is 16.9. The number of aryl methyl sites for hydroxylation is 1. The maximum Gasteiger partial charge on any atom is 0.319 e. The van der Waals surface area contributed by atoms with Crippen molar-refractivity contribution in [3.8, 4) is 0 Å². The molecule has 0 radical (unpaired) electrons. The summed E-state index contributed by atoms with van der Waals surface area (Å²) in [4.78, 5) is 113. The van der Waals surface area contributed by atoms with Gasteiger partial charge in [-0.25, -0.2) is 0 Å². The first-order chi connectivity index (χ1) is 51.3. The summed E-state index contributed by atoms with van der Waals surface area (Å²) in [6, 6.07) is 73.9. The highest BCUT2D eigenvalue weighted by atomic mass is 35.5. The summed E-state index contributed by atoms with van der Waals surface area (Å²) >= 11 is 17.4. The number of carboxylic acids is 2. The Labute approximate surface area is 659 Å². The van der Waals surface area contributed by atoms with Crippen LogP contribution < -0.4 is 16.8 Å². The number of nitrogens with zero attached hydrogens (tertiary/aromatic N) is 3. The van der Waals surface area contributed by atoms with E-state index in [1.807, 2.05) is 134 Å². The first-order valence-corrected chi connectivity index (χ1v) is 35.2. The molecule has 7 N–H and O–H groups in total. The number of halogens is 5. The average molecular weight is 1590 g/mol. The fraction of sp³-hybridized carbons (Fsp3) is 0.256. The lowest BCUT2D eigenvalue weighted by atomic mass is 9.88. The van der Waals surface area contributed by atoms with Gasteiger partial charge in [0.25, 0.3) is 0 Å². The van der Waals surface area contributed by atoms with E-state index in [1.165, 1.54) is 0 Å². The van der Waals surface area contributed by atoms with Crippen LogP contribution in [0, 0.1) is 43.2 Å². The van der Waals surface area contributed by atoms with Crippen LogP contribution in [0.25, 0.3) is 0 Å². The van der Waals surface area contributed by atoms with E-state index < -0.39 is 40.6 Å². The number of esters is 1. The zero-order chi connectivity index (χ0) is 78.2. The number of Topliss-reactive ketones (excluding diaryl/α,β-unsaturated/α-hetero) is 3. The van der Waals surface area contributed by atoms with Crippen molar-refractivity contribution < 1.29 is 63.3 Å². The molecular weight excluding hydrogens is 1500 g/mol. The number of ether oxygens (including phenoxy) is 1. The highest BCUT2D eigenvalue weighted by Crippen LogP contribution is 2.32. The molecule has 1 heterocycles. The standard InChI is InChI=1S/C17H17NO3.C16H14ClNO3.C16H15NO3.C13H14ClNO3.C10H12ClNO2.C10H13NO2.2ClH/c1-13-7-9-14(10-8-13)16(12-18(20)21)11-17(19)15-5-3-2-4-6-15;17-15-8-6-12(7-9-15)14(11-18(20)21)10-16(19)13-4-2-1-3-5-13;18-16(14-9-5-2-6-10-14)11-15(12-17(19)20)13-7-3-1-4-8-13;1-2-18-13(17)11-10(7-15-12(11)16)8-3-5-9(14)6-4-8;11-9-3-1-7(2-4-9)8(6-12)5-10(13)14;11-7-9(6-10(12)13)8-4-2-1-3-5-8;;/h2-10,16H,11-12H2,1H3;1-9,14H,10-11H2;1-10,15H,11-12H2;3-6,10-11H,2,7H2,1H3,(H,15,16);1-4,8H,5-6,12H2,(H,13,14);1-5,9H,6-7,11H2,(H,12,13);2*1H/t16-;14-;15-;10-,11?;;;;/m1110..../s1. The first-order valence-electron chi connectivity index (χ1n) is 34.1. The number of nitro groups is 3. The highest BCUT2D eigenvalue weighted by molar-refractivity contribution is 6.31. The Bertz CT molecular complexity index is 4160. The van der Waals surface area contributed by atoms with Crippen LogP contribution >= 0.6 is 59.6 Å². The van der Waals surface area contributed by atoms with E-state index in [4.69, 9.17) is 61.2 Å². The number of carbonyl (C=O) groups excluding carboxylic acids is 5. The first kappa shape index (κ1) is 92.6. The minimum absolute atomic E-state index is 0. The van der Waals surface area contributed by atoms with Crippen molar-refractivity contribution >= 4 is 101 Å². The lowest BCUT2D eigenvalue weighted by Gasteiger charge is -2.15. The van der Waals surface area contributed by atoms with Crippen LogP contribution in [0.2, 0.25) is 15.1 Å². The molecule has 1 fully saturated rings. The molecule has 1 aliphatic rings. The molecule has 0 saturated carbocycles. The number of aliphatic carboxylic acids is 2. The van der Waals surface area contributed by atoms with E-state index >= 15 is 0 Å². The second-order valence-corrected chi connectivity index (χ2v) is 26.0. The minimum atomic E-state index is -0.838. The van der Waals surface area contributed by atoms with Gasteiger partial charge in [-0.15, -0.1) is 24.8 Å². The molecule has 1 aliphatic heterocycles. The SMILES string of the molecule is CCOC(=O)C1C(=O)NC[C@H]1c1ccc(Cl)cc1.Cc1ccc([C@H](CC(=O)c2ccccc2)C[N+](=O)[O-])cc1.Cl.Cl.NCC(CC(=O)O)c1ccc(Cl)cc1.NCC(CC(=O)O)c1ccccc1.O=C(C[C@H](C[N+](=O)[O-])c1ccc(Cl)cc1)c1ccccc1.O=C(C[C@H](C[N+](=O)[O-])c1ccccc1)c1ccccc1. The lowest BCUT2D eigenvalue weighted by Crippen LogP contribution is -2.28. The maximum atomic E-state index is 12.3. The molecular formula is C82H87Cl5N6O16. The third kappa shape index (κ3) is 34.1. The number of hydrogen-bond acceptors (Lipinski definition) is 16. The Morgan fingerprint density at radius 3 is 1.01 bits per heavy atom. The van der Waals surface area contributed by atoms with Crippen LogP contribution in [-0.4, -0.2) is 112 Å². The molecule has 27 heteroatoms. The topological polar surface area (TPSA) is 363 Å². The second-order valence-electron chi connectivity index (χ2n) is 24.6. The lowest BCUT2D eigenvalue weighted by molar-refractivity contribution is -0.483. The largest absolute Gasteiger partial charge is 0.481 e. The van der Waals surface area contributed by atoms with Gasteiger partial charge in [0.15, 0.2) is 17.3 Å². The number of nitrogens with two attached hydrogens (primary N) is 2. The van der Waals surface area contributed by atoms with Gasteiger partial charge < -0.3 is 31.7 Å². The fourth-order valence-corrected chi connectivity index (χ4v) is 11.7. The molecule has 109 heavy (non-hydrogen) atoms. The summed E-state index contributed by atoms with van der Waals surface area (Å²) in [5.74, 6) is -5.00. The third-order valence-corrected chi connectivity index (χ3v) is 17.7. The van der Waals surface area contributed by atoms with E-state index in [0.29, 0.717) is 51.4 Å². The van der Waals surface area contributed by atoms with E-state index in [-0.39, 0.29) is 140 Å². The molecule has 3 unspecified atom stereocenters. The van der Waals surface area contributed by atoms with Gasteiger partial charge in [-0.1, -0.05) is 253 Å². The van der Waals surface area contributed by atoms with Gasteiger partial charge >= 0.3 is 17.9 Å². The van der Waals surface area contributed by atoms with Crippen LogP contribution in [0.4, 0.5) is 0 Å². The van der Waals surface area contributed by atoms with E-state index in [1.54, 1.807) is 128 Å². The summed E-state index contributed by atoms with van der Waals surface area (Å²) in [5, 5.41) is 54.3. The number of rotatable bonds is 29. The predicted octanol–water partition coefficient (Wildman–Crippen LogP) is 16.6. The Kier molecular flexibility index (Phi) is 42.6. The summed E-state index contributed by atoms with van der Waals surface area (Å²) in [5.41, 5.74) is 19.1. The quantitative estimate of drug-likeness (QED) is 0.00955. The van der Waals surface area contributed by atoms with Gasteiger partial charge in [-0.05, 0) is 96.7 Å². The molecule has 0 spiro atoms. The minimum Gasteiger partial charge on any atom is -0.481 e. The average Bonchev–Trinajstić information content (AvgIpc) is 1.70. The molecule has 7 atom stereocenters. The summed E-state index contributed by atoms with van der Waals surface area (Å²) in [6.45, 7) is 4.36. The fourth-order valence-electron chi connectivity index (χ4n) is 11.3. The Morgan fingerprint density at radius 1 is 0.440 bits per heavy atom. The molecule has 9 aromatic rings. The van der Waals surface area contributed by atoms with Crippen LogP contribution in [0.5, 0.6) is 0 Å². The van der Waals surface area contributed by atoms with Gasteiger partial charge in [-0.2, -0.15) is 0 Å². The highest BCUT2D eigenvalue weighted by Gasteiger charge is 2.42. The smallest absolute Gasteiger partial charge is 0.319 e. The number of hydrogen-bond donors (Lipinski definition) is 5. The molecule has 10 rings (SSSR count). The van der Waals surface area contributed by atoms with Gasteiger partial charge in [0.1, 0.15) is 5.92 Å². The van der Waals surface area contributed by atoms with Crippen molar-refractivity contribution in [1.82, 2.24) is 5.32 Å². The van der Waals surface area contributed by atoms with Gasteiger partial charge in [0, 0.05) is 90.1 Å². The van der Waals surface area contributed by atoms with Gasteiger partial charge in [-0.3, -0.25) is 63.9 Å². The number of carboxylic acid groups (broad SMARTS) is 2. The van der Waals surface area contributed by atoms with Crippen molar-refractivity contribution in [3.05, 3.63) is 350 Å². The Balaban J connectivity index is 0.000000341. The van der Waals surface area contributed by atoms with E-state index in [2.05, 4.69) is 5.32 Å². The second kappa shape index (κ2) is 50.1. The van der Waals surface area contributed by atoms with Crippen LogP contribution in [0.3, 0.4) is 0 Å². The van der Waals surface area contributed by atoms with E-state index in [9.17, 15) is 63.9 Å². The van der Waals surface area contributed by atoms with Crippen molar-refractivity contribution in [2.45, 2.75) is 81.5 Å². The van der Waals surface area contributed by atoms with Crippen molar-refractivity contribution in [2.24, 2.45) is 17.4 Å².